The van der Waals surface area contributed by atoms with Crippen LogP contribution in [-0.2, 0) is 4.79 Å². The number of carbonyl (C=O) groups excluding carboxylic acids is 2. The smallest absolute Gasteiger partial charge is 0.191 e. The number of Topliss-reactive ketones (excluding diaryl/α,β-unsaturated/α-hetero) is 2. The van der Waals surface area contributed by atoms with Crippen LogP contribution in [0, 0.1) is 28.6 Å². The quantitative estimate of drug-likeness (QED) is 0.559. The number of hydrogen-bond acceptors (Lipinski definition) is 4. The van der Waals surface area contributed by atoms with Crippen molar-refractivity contribution in [1.29, 1.82) is 10.5 Å². The van der Waals surface area contributed by atoms with Gasteiger partial charge in [0.05, 0.1) is 18.6 Å². The standard InChI is InChI=1S/C12H8N2O2/c13-7-10(8-14)12(16)6-11(15)9-4-2-1-3-5-9/h1-5,10H,6H2. The van der Waals surface area contributed by atoms with E-state index in [0.717, 1.165) is 0 Å². The predicted molar refractivity (Wildman–Crippen MR) is 55.1 cm³/mol. The van der Waals surface area contributed by atoms with Crippen LogP contribution in [0.25, 0.3) is 0 Å². The number of rotatable bonds is 4. The molecule has 0 bridgehead atoms. The lowest BCUT2D eigenvalue weighted by Crippen LogP contribution is -2.15. The highest BCUT2D eigenvalue weighted by atomic mass is 16.1. The first-order chi connectivity index (χ1) is 7.69. The van der Waals surface area contributed by atoms with Gasteiger partial charge in [0.15, 0.2) is 17.5 Å². The van der Waals surface area contributed by atoms with E-state index in [1.807, 2.05) is 0 Å². The zero-order valence-corrected chi connectivity index (χ0v) is 8.38. The highest BCUT2D eigenvalue weighted by Crippen LogP contribution is 2.06. The Morgan fingerprint density at radius 2 is 1.69 bits per heavy atom. The predicted octanol–water partition coefficient (Wildman–Crippen LogP) is 1.49. The van der Waals surface area contributed by atoms with Crippen molar-refractivity contribution in [2.45, 2.75) is 6.42 Å². The summed E-state index contributed by atoms with van der Waals surface area (Å²) in [7, 11) is 0. The Kier molecular flexibility index (Phi) is 3.94. The molecule has 1 aromatic carbocycles. The lowest BCUT2D eigenvalue weighted by atomic mass is 9.99. The van der Waals surface area contributed by atoms with Crippen molar-refractivity contribution in [3.05, 3.63) is 35.9 Å². The molecule has 0 amide bonds. The van der Waals surface area contributed by atoms with Gasteiger partial charge in [-0.2, -0.15) is 10.5 Å². The van der Waals surface area contributed by atoms with E-state index >= 15 is 0 Å². The Morgan fingerprint density at radius 3 is 2.19 bits per heavy atom. The summed E-state index contributed by atoms with van der Waals surface area (Å²) in [6, 6.07) is 11.4. The Morgan fingerprint density at radius 1 is 1.12 bits per heavy atom. The third-order valence-corrected chi connectivity index (χ3v) is 2.01. The Bertz CT molecular complexity index is 466. The largest absolute Gasteiger partial charge is 0.297 e. The fourth-order valence-corrected chi connectivity index (χ4v) is 1.16. The molecule has 0 radical (unpaired) electrons. The number of nitriles is 2. The third-order valence-electron chi connectivity index (χ3n) is 2.01. The molecule has 78 valence electrons. The van der Waals surface area contributed by atoms with Gasteiger partial charge < -0.3 is 0 Å². The van der Waals surface area contributed by atoms with Crippen molar-refractivity contribution in [3.63, 3.8) is 0 Å². The number of ketones is 2. The maximum atomic E-state index is 11.6. The summed E-state index contributed by atoms with van der Waals surface area (Å²) in [5.74, 6) is -2.38. The second-order valence-corrected chi connectivity index (χ2v) is 3.12. The first-order valence-corrected chi connectivity index (χ1v) is 4.59. The molecular weight excluding hydrogens is 204 g/mol. The fourth-order valence-electron chi connectivity index (χ4n) is 1.16. The molecule has 0 aliphatic heterocycles. The molecule has 0 saturated heterocycles. The second kappa shape index (κ2) is 5.43. The van der Waals surface area contributed by atoms with E-state index in [2.05, 4.69) is 0 Å². The number of hydrogen-bond donors (Lipinski definition) is 0. The van der Waals surface area contributed by atoms with Crippen molar-refractivity contribution in [3.8, 4) is 12.1 Å². The van der Waals surface area contributed by atoms with Crippen LogP contribution in [0.5, 0.6) is 0 Å². The molecule has 0 heterocycles. The summed E-state index contributed by atoms with van der Waals surface area (Å²) in [6.45, 7) is 0. The molecule has 0 unspecified atom stereocenters. The van der Waals surface area contributed by atoms with Gasteiger partial charge in [-0.05, 0) is 0 Å². The monoisotopic (exact) mass is 212 g/mol. The summed E-state index contributed by atoms with van der Waals surface area (Å²) >= 11 is 0. The van der Waals surface area contributed by atoms with E-state index in [4.69, 9.17) is 10.5 Å². The maximum Gasteiger partial charge on any atom is 0.191 e. The van der Waals surface area contributed by atoms with Crippen LogP contribution in [0.2, 0.25) is 0 Å². The van der Waals surface area contributed by atoms with Gasteiger partial charge in [-0.15, -0.1) is 0 Å². The molecule has 0 aromatic heterocycles. The summed E-state index contributed by atoms with van der Waals surface area (Å²) in [5.41, 5.74) is 0.408. The second-order valence-electron chi connectivity index (χ2n) is 3.12. The van der Waals surface area contributed by atoms with Crippen molar-refractivity contribution >= 4 is 11.6 Å². The molecule has 0 N–H and O–H groups in total. The Labute approximate surface area is 92.7 Å². The summed E-state index contributed by atoms with van der Waals surface area (Å²) in [5, 5.41) is 17.0. The zero-order chi connectivity index (χ0) is 12.0. The minimum Gasteiger partial charge on any atom is -0.297 e. The molecule has 4 heteroatoms. The average molecular weight is 212 g/mol. The van der Waals surface area contributed by atoms with Crippen LogP contribution >= 0.6 is 0 Å². The SMILES string of the molecule is N#CC(C#N)C(=O)CC(=O)c1ccccc1. The van der Waals surface area contributed by atoms with E-state index in [9.17, 15) is 9.59 Å². The van der Waals surface area contributed by atoms with Gasteiger partial charge in [0.1, 0.15) is 0 Å². The molecule has 1 aromatic rings. The van der Waals surface area contributed by atoms with Gasteiger partial charge >= 0.3 is 0 Å². The van der Waals surface area contributed by atoms with Crippen molar-refractivity contribution in [1.82, 2.24) is 0 Å². The maximum absolute atomic E-state index is 11.6. The molecule has 0 saturated carbocycles. The lowest BCUT2D eigenvalue weighted by molar-refractivity contribution is -0.119. The number of nitrogens with zero attached hydrogens (tertiary/aromatic N) is 2. The number of carbonyl (C=O) groups is 2. The lowest BCUT2D eigenvalue weighted by Gasteiger charge is -2.00. The normalized spacial score (nSPS) is 9.19. The van der Waals surface area contributed by atoms with Crippen molar-refractivity contribution in [2.75, 3.05) is 0 Å². The zero-order valence-electron chi connectivity index (χ0n) is 8.38. The first kappa shape index (κ1) is 11.6. The van der Waals surface area contributed by atoms with Crippen LogP contribution < -0.4 is 0 Å². The molecule has 0 aliphatic carbocycles. The Hall–Kier alpha value is -2.46. The van der Waals surface area contributed by atoms with Crippen LogP contribution in [-0.4, -0.2) is 11.6 Å². The molecule has 4 nitrogen and oxygen atoms in total. The van der Waals surface area contributed by atoms with Gasteiger partial charge in [0.25, 0.3) is 0 Å². The highest BCUT2D eigenvalue weighted by Gasteiger charge is 2.20. The Balaban J connectivity index is 2.71. The van der Waals surface area contributed by atoms with E-state index in [1.54, 1.807) is 42.5 Å². The molecule has 0 spiro atoms. The summed E-state index contributed by atoms with van der Waals surface area (Å²) in [6.07, 6.45) is -0.407. The van der Waals surface area contributed by atoms with Gasteiger partial charge in [0, 0.05) is 5.56 Å². The molecule has 16 heavy (non-hydrogen) atoms. The van der Waals surface area contributed by atoms with E-state index in [-0.39, 0.29) is 5.78 Å². The van der Waals surface area contributed by atoms with Crippen LogP contribution in [0.4, 0.5) is 0 Å². The number of benzene rings is 1. The van der Waals surface area contributed by atoms with E-state index in [1.165, 1.54) is 0 Å². The van der Waals surface area contributed by atoms with Gasteiger partial charge in [-0.3, -0.25) is 9.59 Å². The third kappa shape index (κ3) is 2.76. The van der Waals surface area contributed by atoms with Gasteiger partial charge in [0.2, 0.25) is 0 Å². The van der Waals surface area contributed by atoms with E-state index < -0.39 is 18.1 Å². The average Bonchev–Trinajstić information content (AvgIpc) is 2.31. The molecule has 0 atom stereocenters. The highest BCUT2D eigenvalue weighted by molar-refractivity contribution is 6.09. The fraction of sp³-hybridized carbons (Fsp3) is 0.167. The topological polar surface area (TPSA) is 81.7 Å². The van der Waals surface area contributed by atoms with Gasteiger partial charge in [-0.1, -0.05) is 30.3 Å². The van der Waals surface area contributed by atoms with Crippen molar-refractivity contribution in [2.24, 2.45) is 5.92 Å². The molecular formula is C12H8N2O2. The van der Waals surface area contributed by atoms with Crippen LogP contribution in [0.1, 0.15) is 16.8 Å². The minimum atomic E-state index is -1.35. The molecule has 0 fully saturated rings. The van der Waals surface area contributed by atoms with Crippen LogP contribution in [0.15, 0.2) is 30.3 Å². The van der Waals surface area contributed by atoms with E-state index in [0.29, 0.717) is 5.56 Å². The minimum absolute atomic E-state index is 0.374. The first-order valence-electron chi connectivity index (χ1n) is 4.59. The summed E-state index contributed by atoms with van der Waals surface area (Å²) < 4.78 is 0. The van der Waals surface area contributed by atoms with Crippen LogP contribution in [0.3, 0.4) is 0 Å². The van der Waals surface area contributed by atoms with Crippen molar-refractivity contribution < 1.29 is 9.59 Å². The van der Waals surface area contributed by atoms with Gasteiger partial charge in [-0.25, -0.2) is 0 Å². The molecule has 0 aliphatic rings. The molecule has 1 rings (SSSR count). The summed E-state index contributed by atoms with van der Waals surface area (Å²) in [4.78, 5) is 22.9.